The number of amides is 1. The molecule has 6 nitrogen and oxygen atoms in total. The summed E-state index contributed by atoms with van der Waals surface area (Å²) < 4.78 is 14.3. The van der Waals surface area contributed by atoms with Crippen LogP contribution in [0.2, 0.25) is 0 Å². The van der Waals surface area contributed by atoms with Gasteiger partial charge in [-0.3, -0.25) is 9.79 Å². The monoisotopic (exact) mass is 475 g/mol. The fourth-order valence-corrected chi connectivity index (χ4v) is 3.26. The Balaban J connectivity index is 0.00000137. The van der Waals surface area contributed by atoms with Gasteiger partial charge in [0.05, 0.1) is 30.3 Å². The molecule has 5 N–H and O–H groups in total. The molecule has 0 radical (unpaired) electrons. The Morgan fingerprint density at radius 1 is 1.23 bits per heavy atom. The molecule has 35 heavy (non-hydrogen) atoms. The van der Waals surface area contributed by atoms with Crippen molar-refractivity contribution in [2.75, 3.05) is 0 Å². The Morgan fingerprint density at radius 2 is 1.86 bits per heavy atom. The molecular formula is C28H34FN5O. The Kier molecular flexibility index (Phi) is 10.7. The van der Waals surface area contributed by atoms with E-state index in [0.29, 0.717) is 35.4 Å². The lowest BCUT2D eigenvalue weighted by molar-refractivity contribution is -0.117. The van der Waals surface area contributed by atoms with Crippen LogP contribution in [0.3, 0.4) is 0 Å². The number of carbonyl (C=O) groups excluding carboxylic acids is 1. The number of nitriles is 1. The van der Waals surface area contributed by atoms with E-state index in [1.807, 2.05) is 24.3 Å². The second kappa shape index (κ2) is 13.7. The Morgan fingerprint density at radius 3 is 2.37 bits per heavy atom. The summed E-state index contributed by atoms with van der Waals surface area (Å²) in [6, 6.07) is 14.3. The number of hydrogen-bond acceptors (Lipinski definition) is 5. The summed E-state index contributed by atoms with van der Waals surface area (Å²) in [4.78, 5) is 17.5. The molecule has 0 spiro atoms. The highest BCUT2D eigenvalue weighted by Gasteiger charge is 2.32. The Hall–Kier alpha value is -3.92. The number of nitrogens with zero attached hydrogens (tertiary/aromatic N) is 2. The van der Waals surface area contributed by atoms with Gasteiger partial charge >= 0.3 is 0 Å². The molecule has 1 aliphatic carbocycles. The maximum absolute atomic E-state index is 14.3. The molecule has 1 aliphatic rings. The quantitative estimate of drug-likeness (QED) is 0.358. The molecule has 0 aliphatic heterocycles. The second-order valence-corrected chi connectivity index (χ2v) is 8.43. The van der Waals surface area contributed by atoms with Gasteiger partial charge in [0.1, 0.15) is 5.82 Å². The van der Waals surface area contributed by atoms with Crippen LogP contribution < -0.4 is 16.8 Å². The molecule has 1 fully saturated rings. The van der Waals surface area contributed by atoms with Crippen molar-refractivity contribution in [2.24, 2.45) is 22.4 Å². The van der Waals surface area contributed by atoms with Gasteiger partial charge in [0.25, 0.3) is 5.91 Å². The highest BCUT2D eigenvalue weighted by Crippen LogP contribution is 2.33. The number of benzene rings is 2. The van der Waals surface area contributed by atoms with Gasteiger partial charge in [-0.05, 0) is 35.6 Å². The molecule has 0 aromatic heterocycles. The van der Waals surface area contributed by atoms with E-state index in [2.05, 4.69) is 36.8 Å². The number of hydrogen-bond donors (Lipinski definition) is 3. The third-order valence-corrected chi connectivity index (χ3v) is 5.25. The Labute approximate surface area is 207 Å². The third kappa shape index (κ3) is 8.42. The lowest BCUT2D eigenvalue weighted by Gasteiger charge is -2.12. The molecule has 184 valence electrons. The fourth-order valence-electron chi connectivity index (χ4n) is 3.26. The van der Waals surface area contributed by atoms with E-state index in [9.17, 15) is 9.18 Å². The van der Waals surface area contributed by atoms with E-state index in [1.165, 1.54) is 18.7 Å². The number of nitrogens with one attached hydrogen (secondary N) is 1. The summed E-state index contributed by atoms with van der Waals surface area (Å²) in [5.41, 5.74) is 15.4. The van der Waals surface area contributed by atoms with Gasteiger partial charge < -0.3 is 16.8 Å². The van der Waals surface area contributed by atoms with Crippen molar-refractivity contribution in [1.29, 1.82) is 5.26 Å². The van der Waals surface area contributed by atoms with Gasteiger partial charge in [0, 0.05) is 29.9 Å². The fraction of sp³-hybridized carbons (Fsp3) is 0.321. The third-order valence-electron chi connectivity index (χ3n) is 5.25. The van der Waals surface area contributed by atoms with Crippen molar-refractivity contribution in [3.05, 3.63) is 88.9 Å². The zero-order chi connectivity index (χ0) is 25.8. The normalized spacial score (nSPS) is 13.3. The number of nitrogens with two attached hydrogens (primary N) is 2. The van der Waals surface area contributed by atoms with Gasteiger partial charge in [0.15, 0.2) is 0 Å². The van der Waals surface area contributed by atoms with Crippen molar-refractivity contribution in [1.82, 2.24) is 5.32 Å². The van der Waals surface area contributed by atoms with Crippen molar-refractivity contribution in [2.45, 2.75) is 52.6 Å². The number of rotatable bonds is 9. The largest absolute Gasteiger partial charge is 0.404 e. The van der Waals surface area contributed by atoms with E-state index in [4.69, 9.17) is 16.7 Å². The lowest BCUT2D eigenvalue weighted by atomic mass is 10.1. The first-order valence-electron chi connectivity index (χ1n) is 11.8. The van der Waals surface area contributed by atoms with Gasteiger partial charge in [-0.25, -0.2) is 4.39 Å². The zero-order valence-corrected chi connectivity index (χ0v) is 20.5. The van der Waals surface area contributed by atoms with E-state index in [-0.39, 0.29) is 18.2 Å². The molecule has 0 unspecified atom stereocenters. The smallest absolute Gasteiger partial charge is 0.254 e. The van der Waals surface area contributed by atoms with Crippen molar-refractivity contribution in [3.8, 4) is 6.07 Å². The van der Waals surface area contributed by atoms with Crippen LogP contribution >= 0.6 is 0 Å². The van der Waals surface area contributed by atoms with Crippen LogP contribution in [0.15, 0.2) is 65.8 Å². The van der Waals surface area contributed by atoms with Crippen molar-refractivity contribution < 1.29 is 9.18 Å². The van der Waals surface area contributed by atoms with Gasteiger partial charge in [-0.2, -0.15) is 5.26 Å². The minimum Gasteiger partial charge on any atom is -0.404 e. The number of aliphatic imine (C=N–C) groups is 1. The lowest BCUT2D eigenvalue weighted by Crippen LogP contribution is -2.30. The number of halogens is 1. The van der Waals surface area contributed by atoms with Gasteiger partial charge in [-0.15, -0.1) is 0 Å². The highest BCUT2D eigenvalue weighted by molar-refractivity contribution is 6.22. The molecule has 1 amide bonds. The van der Waals surface area contributed by atoms with Crippen LogP contribution in [0.4, 0.5) is 4.39 Å². The van der Waals surface area contributed by atoms with E-state index in [1.54, 1.807) is 12.1 Å². The first kappa shape index (κ1) is 27.3. The SMILES string of the molecule is C=C(N)c1ccc(CNC(=O)/C(=C/N)C(=NCc2ccc(CC#N)cc2)C2CC2)c(F)c1.CCC. The summed E-state index contributed by atoms with van der Waals surface area (Å²) in [5.74, 6) is -0.669. The van der Waals surface area contributed by atoms with E-state index < -0.39 is 11.7 Å². The van der Waals surface area contributed by atoms with Crippen LogP contribution in [0.25, 0.3) is 5.70 Å². The van der Waals surface area contributed by atoms with E-state index in [0.717, 1.165) is 24.0 Å². The highest BCUT2D eigenvalue weighted by atomic mass is 19.1. The van der Waals surface area contributed by atoms with Crippen LogP contribution in [-0.2, 0) is 24.3 Å². The molecule has 3 rings (SSSR count). The maximum Gasteiger partial charge on any atom is 0.254 e. The summed E-state index contributed by atoms with van der Waals surface area (Å²) in [5, 5.41) is 11.5. The van der Waals surface area contributed by atoms with E-state index >= 15 is 0 Å². The molecule has 2 aromatic carbocycles. The predicted molar refractivity (Wildman–Crippen MR) is 139 cm³/mol. The van der Waals surface area contributed by atoms with Crippen molar-refractivity contribution in [3.63, 3.8) is 0 Å². The van der Waals surface area contributed by atoms with Gasteiger partial charge in [-0.1, -0.05) is 63.2 Å². The standard InChI is InChI=1S/C25H26FN5O.C3H8/c1-16(29)20-8-9-21(23(26)12-20)15-31-25(32)22(13-28)24(19-6-7-19)30-14-18-4-2-17(3-5-18)10-11-27;1-3-2/h2-5,8-9,12-13,19H,1,6-7,10,14-15,28-29H2,(H,31,32);3H2,1-2H3/b22-13+,30-24?;. The molecule has 0 bridgehead atoms. The predicted octanol–water partition coefficient (Wildman–Crippen LogP) is 4.75. The molecule has 7 heteroatoms. The van der Waals surface area contributed by atoms with Gasteiger partial charge in [0.2, 0.25) is 0 Å². The molecule has 0 saturated heterocycles. The maximum atomic E-state index is 14.3. The average molecular weight is 476 g/mol. The zero-order valence-electron chi connectivity index (χ0n) is 20.5. The van der Waals surface area contributed by atoms with Crippen LogP contribution in [0.1, 0.15) is 55.4 Å². The molecular weight excluding hydrogens is 441 g/mol. The molecule has 1 saturated carbocycles. The summed E-state index contributed by atoms with van der Waals surface area (Å²) >= 11 is 0. The topological polar surface area (TPSA) is 117 Å². The van der Waals surface area contributed by atoms with Crippen LogP contribution in [0, 0.1) is 23.1 Å². The average Bonchev–Trinajstić information content (AvgIpc) is 3.67. The first-order valence-corrected chi connectivity index (χ1v) is 11.8. The number of carbonyl (C=O) groups is 1. The minimum absolute atomic E-state index is 0.0115. The molecule has 0 atom stereocenters. The van der Waals surface area contributed by atoms with Crippen molar-refractivity contribution >= 4 is 17.3 Å². The van der Waals surface area contributed by atoms with Crippen LogP contribution in [0.5, 0.6) is 0 Å². The van der Waals surface area contributed by atoms with Crippen LogP contribution in [-0.4, -0.2) is 11.6 Å². The minimum atomic E-state index is -0.469. The molecule has 2 aromatic rings. The summed E-state index contributed by atoms with van der Waals surface area (Å²) in [7, 11) is 0. The summed E-state index contributed by atoms with van der Waals surface area (Å²) in [6.07, 6.45) is 4.77. The Bertz CT molecular complexity index is 1130. The summed E-state index contributed by atoms with van der Waals surface area (Å²) in [6.45, 7) is 8.26. The first-order chi connectivity index (χ1) is 16.8. The second-order valence-electron chi connectivity index (χ2n) is 8.43. The molecule has 0 heterocycles.